The lowest BCUT2D eigenvalue weighted by Crippen LogP contribution is -2.31. The summed E-state index contributed by atoms with van der Waals surface area (Å²) < 4.78 is 7.67. The van der Waals surface area contributed by atoms with Crippen molar-refractivity contribution < 1.29 is 9.30 Å². The summed E-state index contributed by atoms with van der Waals surface area (Å²) in [5, 5.41) is 2.49. The Hall–Kier alpha value is -3.27. The standard InChI is InChI=1S/C25H28N3O/c1-26(2)18-9-13-21-23(15-18)28(5)24-16-19(27(3)4)10-14-22(24)25(21)17-7-11-20(29-6)12-8-17/h7-16H,1-6H3/q+1. The topological polar surface area (TPSA) is 19.6 Å². The average molecular weight is 387 g/mol. The maximum atomic E-state index is 5.37. The van der Waals surface area contributed by atoms with Crippen molar-refractivity contribution in [3.05, 3.63) is 60.7 Å². The molecule has 4 heteroatoms. The second-order valence-electron chi connectivity index (χ2n) is 7.85. The first kappa shape index (κ1) is 19.1. The van der Waals surface area contributed by atoms with E-state index < -0.39 is 0 Å². The van der Waals surface area contributed by atoms with Crippen LogP contribution in [0.15, 0.2) is 60.7 Å². The number of pyridine rings is 1. The van der Waals surface area contributed by atoms with E-state index in [0.717, 1.165) is 5.75 Å². The van der Waals surface area contributed by atoms with Gasteiger partial charge in [0.15, 0.2) is 0 Å². The molecule has 0 amide bonds. The number of ether oxygens (including phenoxy) is 1. The lowest BCUT2D eigenvalue weighted by atomic mass is 9.95. The van der Waals surface area contributed by atoms with Gasteiger partial charge in [0.05, 0.1) is 17.9 Å². The van der Waals surface area contributed by atoms with Crippen LogP contribution in [0.5, 0.6) is 5.75 Å². The number of hydrogen-bond acceptors (Lipinski definition) is 3. The van der Waals surface area contributed by atoms with E-state index in [1.165, 1.54) is 44.3 Å². The Balaban J connectivity index is 2.13. The lowest BCUT2D eigenvalue weighted by molar-refractivity contribution is -0.617. The molecule has 0 radical (unpaired) electrons. The molecule has 0 aliphatic rings. The van der Waals surface area contributed by atoms with Gasteiger partial charge in [0.1, 0.15) is 12.8 Å². The molecule has 1 aromatic heterocycles. The fourth-order valence-corrected chi connectivity index (χ4v) is 3.92. The number of fused-ring (bicyclic) bond motifs is 2. The summed E-state index contributed by atoms with van der Waals surface area (Å²) in [6.07, 6.45) is 0. The quantitative estimate of drug-likeness (QED) is 0.377. The van der Waals surface area contributed by atoms with Crippen molar-refractivity contribution >= 4 is 33.2 Å². The van der Waals surface area contributed by atoms with Crippen LogP contribution in [0.25, 0.3) is 32.9 Å². The van der Waals surface area contributed by atoms with Crippen LogP contribution < -0.4 is 19.1 Å². The number of aryl methyl sites for hydroxylation is 1. The van der Waals surface area contributed by atoms with Crippen molar-refractivity contribution in [1.82, 2.24) is 0 Å². The van der Waals surface area contributed by atoms with Gasteiger partial charge in [0, 0.05) is 57.3 Å². The summed E-state index contributed by atoms with van der Waals surface area (Å²) in [5.74, 6) is 0.869. The molecule has 0 aliphatic heterocycles. The van der Waals surface area contributed by atoms with E-state index in [1.54, 1.807) is 7.11 Å². The van der Waals surface area contributed by atoms with E-state index >= 15 is 0 Å². The molecular weight excluding hydrogens is 358 g/mol. The molecule has 4 aromatic rings. The van der Waals surface area contributed by atoms with Gasteiger partial charge in [-0.05, 0) is 42.0 Å². The lowest BCUT2D eigenvalue weighted by Gasteiger charge is -2.17. The van der Waals surface area contributed by atoms with Gasteiger partial charge in [-0.1, -0.05) is 12.1 Å². The molecule has 1 heterocycles. The van der Waals surface area contributed by atoms with E-state index in [-0.39, 0.29) is 0 Å². The second-order valence-corrected chi connectivity index (χ2v) is 7.85. The van der Waals surface area contributed by atoms with Crippen LogP contribution >= 0.6 is 0 Å². The first-order valence-corrected chi connectivity index (χ1v) is 9.79. The van der Waals surface area contributed by atoms with Crippen LogP contribution in [0, 0.1) is 0 Å². The zero-order valence-electron chi connectivity index (χ0n) is 18.0. The van der Waals surface area contributed by atoms with Crippen molar-refractivity contribution in [2.24, 2.45) is 7.05 Å². The molecule has 3 aromatic carbocycles. The van der Waals surface area contributed by atoms with Crippen LogP contribution in [-0.4, -0.2) is 35.3 Å². The molecule has 0 bridgehead atoms. The molecule has 4 nitrogen and oxygen atoms in total. The van der Waals surface area contributed by atoms with Gasteiger partial charge in [-0.3, -0.25) is 0 Å². The number of methoxy groups -OCH3 is 1. The Morgan fingerprint density at radius 1 is 0.690 bits per heavy atom. The molecule has 4 rings (SSSR count). The van der Waals surface area contributed by atoms with E-state index in [1.807, 2.05) is 12.1 Å². The number of nitrogens with zero attached hydrogens (tertiary/aromatic N) is 3. The number of anilines is 2. The van der Waals surface area contributed by atoms with Crippen molar-refractivity contribution in [3.8, 4) is 16.9 Å². The minimum atomic E-state index is 0.869. The maximum Gasteiger partial charge on any atom is 0.215 e. The summed E-state index contributed by atoms with van der Waals surface area (Å²) in [6, 6.07) is 21.7. The SMILES string of the molecule is COc1ccc(-c2c3ccc(N(C)C)cc3[n+](C)c3cc(N(C)C)ccc23)cc1. The molecule has 0 saturated heterocycles. The van der Waals surface area contributed by atoms with Crippen LogP contribution in [0.4, 0.5) is 11.4 Å². The highest BCUT2D eigenvalue weighted by Crippen LogP contribution is 2.36. The average Bonchev–Trinajstić information content (AvgIpc) is 2.73. The molecule has 0 fully saturated rings. The first-order valence-electron chi connectivity index (χ1n) is 9.79. The molecular formula is C25H28N3O+. The minimum absolute atomic E-state index is 0.869. The smallest absolute Gasteiger partial charge is 0.215 e. The molecule has 0 aliphatic carbocycles. The van der Waals surface area contributed by atoms with Gasteiger partial charge in [-0.15, -0.1) is 0 Å². The Bertz CT molecular complexity index is 1130. The zero-order chi connectivity index (χ0) is 20.7. The summed E-state index contributed by atoms with van der Waals surface area (Å²) in [6.45, 7) is 0. The van der Waals surface area contributed by atoms with Gasteiger partial charge in [0.2, 0.25) is 11.0 Å². The predicted octanol–water partition coefficient (Wildman–Crippen LogP) is 4.63. The Labute approximate surface area is 172 Å². The number of hydrogen-bond donors (Lipinski definition) is 0. The van der Waals surface area contributed by atoms with Crippen LogP contribution in [0.2, 0.25) is 0 Å². The van der Waals surface area contributed by atoms with Gasteiger partial charge in [0.25, 0.3) is 0 Å². The minimum Gasteiger partial charge on any atom is -0.497 e. The maximum absolute atomic E-state index is 5.37. The number of benzene rings is 3. The summed E-state index contributed by atoms with van der Waals surface area (Å²) >= 11 is 0. The summed E-state index contributed by atoms with van der Waals surface area (Å²) in [7, 11) is 12.2. The molecule has 29 heavy (non-hydrogen) atoms. The normalized spacial score (nSPS) is 11.1. The van der Waals surface area contributed by atoms with Gasteiger partial charge >= 0.3 is 0 Å². The van der Waals surface area contributed by atoms with Crippen molar-refractivity contribution in [3.63, 3.8) is 0 Å². The number of aromatic nitrogens is 1. The third-order valence-electron chi connectivity index (χ3n) is 5.64. The second kappa shape index (κ2) is 7.28. The fraction of sp³-hybridized carbons (Fsp3) is 0.240. The third kappa shape index (κ3) is 3.25. The van der Waals surface area contributed by atoms with E-state index in [4.69, 9.17) is 4.74 Å². The monoisotopic (exact) mass is 386 g/mol. The van der Waals surface area contributed by atoms with Crippen LogP contribution in [-0.2, 0) is 7.05 Å². The highest BCUT2D eigenvalue weighted by Gasteiger charge is 2.20. The molecule has 0 spiro atoms. The molecule has 0 atom stereocenters. The molecule has 0 N–H and O–H groups in total. The summed E-state index contributed by atoms with van der Waals surface area (Å²) in [5.41, 5.74) is 7.26. The molecule has 148 valence electrons. The van der Waals surface area contributed by atoms with Crippen LogP contribution in [0.1, 0.15) is 0 Å². The van der Waals surface area contributed by atoms with E-state index in [9.17, 15) is 0 Å². The van der Waals surface area contributed by atoms with E-state index in [2.05, 4.69) is 98.1 Å². The highest BCUT2D eigenvalue weighted by molar-refractivity contribution is 6.08. The molecule has 0 saturated carbocycles. The fourth-order valence-electron chi connectivity index (χ4n) is 3.92. The zero-order valence-corrected chi connectivity index (χ0v) is 18.0. The van der Waals surface area contributed by atoms with Crippen molar-refractivity contribution in [2.75, 3.05) is 45.1 Å². The van der Waals surface area contributed by atoms with Crippen molar-refractivity contribution in [1.29, 1.82) is 0 Å². The largest absolute Gasteiger partial charge is 0.497 e. The van der Waals surface area contributed by atoms with Crippen LogP contribution in [0.3, 0.4) is 0 Å². The van der Waals surface area contributed by atoms with Gasteiger partial charge < -0.3 is 14.5 Å². The van der Waals surface area contributed by atoms with Gasteiger partial charge in [-0.25, -0.2) is 0 Å². The molecule has 0 unspecified atom stereocenters. The predicted molar refractivity (Wildman–Crippen MR) is 123 cm³/mol. The highest BCUT2D eigenvalue weighted by atomic mass is 16.5. The Kier molecular flexibility index (Phi) is 4.79. The van der Waals surface area contributed by atoms with Crippen molar-refractivity contribution in [2.45, 2.75) is 0 Å². The van der Waals surface area contributed by atoms with Gasteiger partial charge in [-0.2, -0.15) is 4.57 Å². The Morgan fingerprint density at radius 3 is 1.59 bits per heavy atom. The first-order chi connectivity index (χ1) is 13.9. The third-order valence-corrected chi connectivity index (χ3v) is 5.64. The number of rotatable bonds is 4. The Morgan fingerprint density at radius 2 is 1.17 bits per heavy atom. The summed E-state index contributed by atoms with van der Waals surface area (Å²) in [4.78, 5) is 4.29. The van der Waals surface area contributed by atoms with E-state index in [0.29, 0.717) is 0 Å².